The number of aryl methyl sites for hydroxylation is 4. The Hall–Kier alpha value is -3.47. The first-order valence-electron chi connectivity index (χ1n) is 10.5. The highest BCUT2D eigenvalue weighted by molar-refractivity contribution is 5.73. The van der Waals surface area contributed by atoms with Crippen molar-refractivity contribution in [3.8, 4) is 17.1 Å². The van der Waals surface area contributed by atoms with Crippen molar-refractivity contribution < 1.29 is 32.3 Å². The molecule has 8 nitrogen and oxygen atoms in total. The van der Waals surface area contributed by atoms with Crippen LogP contribution in [0, 0.1) is 13.8 Å². The molecule has 34 heavy (non-hydrogen) atoms. The average molecular weight is 478 g/mol. The predicted octanol–water partition coefficient (Wildman–Crippen LogP) is 3.82. The number of carbonyl (C=O) groups is 1. The third kappa shape index (κ3) is 6.10. The van der Waals surface area contributed by atoms with E-state index in [0.717, 1.165) is 48.5 Å². The zero-order valence-corrected chi connectivity index (χ0v) is 19.0. The summed E-state index contributed by atoms with van der Waals surface area (Å²) in [7, 11) is 1.70. The standard InChI is InChI=1S/C21H24N4O2.C2HF3O2/c1-13-4-5-15(10-18(13)26-3)6-7-19-24-21(25-27-19)20-14(2)23-12-16-11-22-9-8-17(16)20;3-2(4,5)1(6)7/h4-5,10,12,22H,6-9,11H2,1-3H3;(H,6,7). The van der Waals surface area contributed by atoms with Crippen molar-refractivity contribution in [1.82, 2.24) is 20.4 Å². The molecule has 0 radical (unpaired) electrons. The molecule has 0 saturated carbocycles. The number of aliphatic carboxylic acids is 1. The molecular weight excluding hydrogens is 453 g/mol. The number of methoxy groups -OCH3 is 1. The molecule has 1 aliphatic rings. The lowest BCUT2D eigenvalue weighted by Crippen LogP contribution is -2.24. The fourth-order valence-electron chi connectivity index (χ4n) is 3.60. The summed E-state index contributed by atoms with van der Waals surface area (Å²) < 4.78 is 42.7. The van der Waals surface area contributed by atoms with E-state index in [1.807, 2.05) is 20.0 Å². The van der Waals surface area contributed by atoms with Gasteiger partial charge in [-0.2, -0.15) is 18.2 Å². The number of rotatable bonds is 5. The zero-order valence-electron chi connectivity index (χ0n) is 19.0. The van der Waals surface area contributed by atoms with Gasteiger partial charge in [0, 0.05) is 30.4 Å². The van der Waals surface area contributed by atoms with Gasteiger partial charge in [0.1, 0.15) is 5.75 Å². The first kappa shape index (κ1) is 25.2. The Morgan fingerprint density at radius 1 is 1.26 bits per heavy atom. The molecule has 3 heterocycles. The van der Waals surface area contributed by atoms with E-state index in [0.29, 0.717) is 18.1 Å². The minimum atomic E-state index is -5.08. The summed E-state index contributed by atoms with van der Waals surface area (Å²) in [5.74, 6) is -0.553. The van der Waals surface area contributed by atoms with Crippen LogP contribution in [0.4, 0.5) is 13.2 Å². The van der Waals surface area contributed by atoms with E-state index in [1.165, 1.54) is 16.7 Å². The number of carboxylic acid groups (broad SMARTS) is 1. The van der Waals surface area contributed by atoms with Gasteiger partial charge in [-0.15, -0.1) is 0 Å². The van der Waals surface area contributed by atoms with Crippen molar-refractivity contribution in [1.29, 1.82) is 0 Å². The van der Waals surface area contributed by atoms with Crippen molar-refractivity contribution >= 4 is 5.97 Å². The van der Waals surface area contributed by atoms with E-state index in [9.17, 15) is 13.2 Å². The average Bonchev–Trinajstić information content (AvgIpc) is 3.26. The van der Waals surface area contributed by atoms with Gasteiger partial charge in [0.15, 0.2) is 0 Å². The number of aromatic nitrogens is 3. The highest BCUT2D eigenvalue weighted by Gasteiger charge is 2.38. The lowest BCUT2D eigenvalue weighted by atomic mass is 9.95. The molecule has 0 fully saturated rings. The molecule has 3 aromatic rings. The number of hydrogen-bond donors (Lipinski definition) is 2. The Morgan fingerprint density at radius 2 is 2.00 bits per heavy atom. The SMILES string of the molecule is COc1cc(CCc2nc(-c3c(C)ncc4c3CCNC4)no2)ccc1C.O=C(O)C(F)(F)F. The van der Waals surface area contributed by atoms with Gasteiger partial charge in [-0.1, -0.05) is 17.3 Å². The predicted molar refractivity (Wildman–Crippen MR) is 117 cm³/mol. The molecule has 4 rings (SSSR count). The first-order chi connectivity index (χ1) is 16.1. The fourth-order valence-corrected chi connectivity index (χ4v) is 3.60. The lowest BCUT2D eigenvalue weighted by Gasteiger charge is -2.19. The summed E-state index contributed by atoms with van der Waals surface area (Å²) in [4.78, 5) is 18.1. The molecule has 11 heteroatoms. The van der Waals surface area contributed by atoms with Crippen LogP contribution in [0.15, 0.2) is 28.9 Å². The second kappa shape index (κ2) is 10.6. The molecule has 1 aromatic carbocycles. The number of benzene rings is 1. The van der Waals surface area contributed by atoms with Crippen LogP contribution in [-0.4, -0.2) is 46.0 Å². The molecule has 1 aliphatic heterocycles. The van der Waals surface area contributed by atoms with Crippen molar-refractivity contribution in [3.63, 3.8) is 0 Å². The number of halogens is 3. The molecule has 0 spiro atoms. The van der Waals surface area contributed by atoms with Gasteiger partial charge in [-0.25, -0.2) is 4.79 Å². The molecule has 2 aromatic heterocycles. The highest BCUT2D eigenvalue weighted by atomic mass is 19.4. The maximum atomic E-state index is 10.6. The minimum absolute atomic E-state index is 0.648. The molecule has 0 amide bonds. The normalized spacial score (nSPS) is 13.0. The Labute approximate surface area is 194 Å². The van der Waals surface area contributed by atoms with Gasteiger partial charge in [-0.3, -0.25) is 4.98 Å². The van der Waals surface area contributed by atoms with E-state index in [4.69, 9.17) is 19.2 Å². The summed E-state index contributed by atoms with van der Waals surface area (Å²) in [6, 6.07) is 6.26. The maximum Gasteiger partial charge on any atom is 0.490 e. The number of nitrogens with zero attached hydrogens (tertiary/aromatic N) is 3. The quantitative estimate of drug-likeness (QED) is 0.570. The molecule has 0 bridgehead atoms. The molecule has 0 atom stereocenters. The molecule has 0 unspecified atom stereocenters. The van der Waals surface area contributed by atoms with Gasteiger partial charge in [0.25, 0.3) is 0 Å². The topological polar surface area (TPSA) is 110 Å². The monoisotopic (exact) mass is 478 g/mol. The minimum Gasteiger partial charge on any atom is -0.496 e. The number of pyridine rings is 1. The van der Waals surface area contributed by atoms with Crippen LogP contribution in [-0.2, 0) is 30.6 Å². The van der Waals surface area contributed by atoms with Crippen molar-refractivity contribution in [2.45, 2.75) is 45.8 Å². The van der Waals surface area contributed by atoms with Crippen molar-refractivity contribution in [2.75, 3.05) is 13.7 Å². The molecule has 0 saturated heterocycles. The third-order valence-corrected chi connectivity index (χ3v) is 5.37. The van der Waals surface area contributed by atoms with E-state index in [2.05, 4.69) is 38.6 Å². The number of carboxylic acids is 1. The van der Waals surface area contributed by atoms with Crippen LogP contribution >= 0.6 is 0 Å². The Morgan fingerprint density at radius 3 is 2.68 bits per heavy atom. The summed E-state index contributed by atoms with van der Waals surface area (Å²) in [6.07, 6.45) is -0.651. The number of alkyl halides is 3. The van der Waals surface area contributed by atoms with E-state index in [-0.39, 0.29) is 0 Å². The summed E-state index contributed by atoms with van der Waals surface area (Å²) in [5.41, 5.74) is 6.81. The second-order valence-corrected chi connectivity index (χ2v) is 7.77. The Balaban J connectivity index is 0.000000406. The number of fused-ring (bicyclic) bond motifs is 1. The summed E-state index contributed by atoms with van der Waals surface area (Å²) in [6.45, 7) is 5.85. The Bertz CT molecular complexity index is 1160. The summed E-state index contributed by atoms with van der Waals surface area (Å²) in [5, 5.41) is 14.8. The van der Waals surface area contributed by atoms with E-state index in [1.54, 1.807) is 7.11 Å². The van der Waals surface area contributed by atoms with Crippen LogP contribution in [0.5, 0.6) is 5.75 Å². The third-order valence-electron chi connectivity index (χ3n) is 5.37. The van der Waals surface area contributed by atoms with Gasteiger partial charge >= 0.3 is 12.1 Å². The first-order valence-corrected chi connectivity index (χ1v) is 10.5. The van der Waals surface area contributed by atoms with E-state index >= 15 is 0 Å². The van der Waals surface area contributed by atoms with Crippen LogP contribution in [0.2, 0.25) is 0 Å². The van der Waals surface area contributed by atoms with Gasteiger partial charge in [-0.05, 0) is 61.6 Å². The van der Waals surface area contributed by atoms with Crippen LogP contribution in [0.3, 0.4) is 0 Å². The van der Waals surface area contributed by atoms with Crippen molar-refractivity contribution in [3.05, 3.63) is 58.2 Å². The van der Waals surface area contributed by atoms with Crippen molar-refractivity contribution in [2.24, 2.45) is 0 Å². The lowest BCUT2D eigenvalue weighted by molar-refractivity contribution is -0.192. The zero-order chi connectivity index (χ0) is 24.9. The van der Waals surface area contributed by atoms with Gasteiger partial charge in [0.2, 0.25) is 11.7 Å². The van der Waals surface area contributed by atoms with Crippen LogP contribution < -0.4 is 10.1 Å². The molecular formula is C23H25F3N4O4. The number of hydrogen-bond acceptors (Lipinski definition) is 7. The largest absolute Gasteiger partial charge is 0.496 e. The maximum absolute atomic E-state index is 10.6. The van der Waals surface area contributed by atoms with Gasteiger partial charge in [0.05, 0.1) is 7.11 Å². The molecule has 182 valence electrons. The fraction of sp³-hybridized carbons (Fsp3) is 0.391. The summed E-state index contributed by atoms with van der Waals surface area (Å²) >= 11 is 0. The highest BCUT2D eigenvalue weighted by Crippen LogP contribution is 2.29. The van der Waals surface area contributed by atoms with E-state index < -0.39 is 12.1 Å². The van der Waals surface area contributed by atoms with Gasteiger partial charge < -0.3 is 19.7 Å². The van der Waals surface area contributed by atoms with Crippen LogP contribution in [0.25, 0.3) is 11.4 Å². The van der Waals surface area contributed by atoms with Crippen LogP contribution in [0.1, 0.15) is 33.8 Å². The smallest absolute Gasteiger partial charge is 0.490 e. The Kier molecular flexibility index (Phi) is 7.87. The second-order valence-electron chi connectivity index (χ2n) is 7.77. The number of nitrogens with one attached hydrogen (secondary N) is 1. The molecule has 0 aliphatic carbocycles. The molecule has 2 N–H and O–H groups in total. The number of ether oxygens (including phenoxy) is 1.